The molecule has 248 valence electrons. The van der Waals surface area contributed by atoms with Crippen molar-refractivity contribution in [2.75, 3.05) is 27.4 Å². The lowest BCUT2D eigenvalue weighted by Crippen LogP contribution is -2.43. The van der Waals surface area contributed by atoms with Crippen LogP contribution in [0.25, 0.3) is 44.2 Å². The first-order chi connectivity index (χ1) is 23.9. The predicted molar refractivity (Wildman–Crippen MR) is 185 cm³/mol. The van der Waals surface area contributed by atoms with E-state index in [1.807, 2.05) is 49.5 Å². The number of amides is 2. The third kappa shape index (κ3) is 5.55. The molecule has 8 rings (SSSR count). The maximum atomic E-state index is 14.2. The third-order valence-corrected chi connectivity index (χ3v) is 9.59. The molecule has 11 heteroatoms. The molecule has 6 aromatic rings. The molecule has 4 aromatic carbocycles. The molecule has 2 aliphatic rings. The standard InChI is InChI=1S/C38H36N6O5/c1-21-40-30-12-10-24-15-29-27-11-9-25(14-26(27)20-49-33(29)16-28(24)35(30)41-21)31-17-39-36(42-31)32-13-22(19-47-2)18-44(32)37(45)34(43-38(46)48-3)23-7-5-4-6-8-23/h4-12,14-17,22,32,34H,13,18-20H2,1-3H3,(H,39,42)(H,40,41)(H,43,46)/t22-,32-,34+/m0/s1. The summed E-state index contributed by atoms with van der Waals surface area (Å²) >= 11 is 0. The maximum Gasteiger partial charge on any atom is 0.407 e. The molecular weight excluding hydrogens is 620 g/mol. The van der Waals surface area contributed by atoms with Gasteiger partial charge in [0, 0.05) is 30.5 Å². The summed E-state index contributed by atoms with van der Waals surface area (Å²) in [4.78, 5) is 44.5. The molecule has 2 aliphatic heterocycles. The minimum atomic E-state index is -0.915. The van der Waals surface area contributed by atoms with Crippen LogP contribution in [0.2, 0.25) is 0 Å². The van der Waals surface area contributed by atoms with Crippen LogP contribution in [0.5, 0.6) is 5.75 Å². The van der Waals surface area contributed by atoms with Crippen molar-refractivity contribution in [3.8, 4) is 28.1 Å². The van der Waals surface area contributed by atoms with E-state index in [9.17, 15) is 9.59 Å². The molecule has 0 spiro atoms. The second-order valence-corrected chi connectivity index (χ2v) is 12.7. The van der Waals surface area contributed by atoms with Crippen molar-refractivity contribution in [2.45, 2.75) is 32.0 Å². The van der Waals surface area contributed by atoms with Crippen molar-refractivity contribution < 1.29 is 23.8 Å². The second-order valence-electron chi connectivity index (χ2n) is 12.7. The molecular formula is C38H36N6O5. The van der Waals surface area contributed by atoms with E-state index in [1.165, 1.54) is 7.11 Å². The van der Waals surface area contributed by atoms with Gasteiger partial charge in [0.05, 0.1) is 42.7 Å². The lowest BCUT2D eigenvalue weighted by Gasteiger charge is -2.28. The molecule has 2 aromatic heterocycles. The Morgan fingerprint density at radius 3 is 2.71 bits per heavy atom. The van der Waals surface area contributed by atoms with E-state index < -0.39 is 12.1 Å². The summed E-state index contributed by atoms with van der Waals surface area (Å²) in [5.74, 6) is 2.28. The van der Waals surface area contributed by atoms with Gasteiger partial charge in [0.25, 0.3) is 5.91 Å². The van der Waals surface area contributed by atoms with Crippen LogP contribution in [0.15, 0.2) is 79.0 Å². The SMILES string of the molecule is COC[C@H]1C[C@@H](c2ncc(-c3ccc4c(c3)COc3cc5c(ccc6nc(C)[nH]c65)cc3-4)[nH]2)N(C(=O)[C@H](NC(=O)OC)c2ccccc2)C1. The number of ether oxygens (including phenoxy) is 3. The summed E-state index contributed by atoms with van der Waals surface area (Å²) < 4.78 is 16.7. The molecule has 0 radical (unpaired) electrons. The zero-order valence-corrected chi connectivity index (χ0v) is 27.4. The molecule has 0 unspecified atom stereocenters. The fourth-order valence-electron chi connectivity index (χ4n) is 7.29. The summed E-state index contributed by atoms with van der Waals surface area (Å²) in [6.07, 6.45) is 1.80. The van der Waals surface area contributed by atoms with E-state index in [4.69, 9.17) is 19.2 Å². The number of hydrogen-bond acceptors (Lipinski definition) is 7. The lowest BCUT2D eigenvalue weighted by atomic mass is 9.92. The Labute approximate surface area is 282 Å². The van der Waals surface area contributed by atoms with Crippen LogP contribution in [-0.2, 0) is 20.9 Å². The van der Waals surface area contributed by atoms with Crippen molar-refractivity contribution in [2.24, 2.45) is 5.92 Å². The first-order valence-corrected chi connectivity index (χ1v) is 16.3. The minimum Gasteiger partial charge on any atom is -0.488 e. The number of benzene rings is 4. The Morgan fingerprint density at radius 2 is 1.90 bits per heavy atom. The highest BCUT2D eigenvalue weighted by Crippen LogP contribution is 2.43. The number of methoxy groups -OCH3 is 2. The Kier molecular flexibility index (Phi) is 7.76. The molecule has 1 saturated heterocycles. The monoisotopic (exact) mass is 656 g/mol. The van der Waals surface area contributed by atoms with Crippen molar-refractivity contribution in [3.63, 3.8) is 0 Å². The van der Waals surface area contributed by atoms with Crippen LogP contribution in [0.1, 0.15) is 41.3 Å². The molecule has 11 nitrogen and oxygen atoms in total. The molecule has 4 heterocycles. The Morgan fingerprint density at radius 1 is 1.04 bits per heavy atom. The number of H-pyrrole nitrogens is 2. The van der Waals surface area contributed by atoms with Gasteiger partial charge in [-0.3, -0.25) is 4.79 Å². The highest BCUT2D eigenvalue weighted by molar-refractivity contribution is 6.07. The van der Waals surface area contributed by atoms with E-state index in [-0.39, 0.29) is 17.9 Å². The van der Waals surface area contributed by atoms with Crippen LogP contribution >= 0.6 is 0 Å². The van der Waals surface area contributed by atoms with Gasteiger partial charge in [-0.15, -0.1) is 0 Å². The van der Waals surface area contributed by atoms with Crippen molar-refractivity contribution >= 4 is 33.8 Å². The summed E-state index contributed by atoms with van der Waals surface area (Å²) in [6, 6.07) is 22.8. The van der Waals surface area contributed by atoms with Gasteiger partial charge in [-0.25, -0.2) is 14.8 Å². The number of aromatic nitrogens is 4. The number of nitrogens with zero attached hydrogens (tertiary/aromatic N) is 3. The zero-order chi connectivity index (χ0) is 33.6. The number of fused-ring (bicyclic) bond motifs is 6. The van der Waals surface area contributed by atoms with E-state index in [2.05, 4.69) is 56.7 Å². The summed E-state index contributed by atoms with van der Waals surface area (Å²) in [6.45, 7) is 3.38. The summed E-state index contributed by atoms with van der Waals surface area (Å²) in [5, 5.41) is 4.94. The van der Waals surface area contributed by atoms with Crippen molar-refractivity contribution in [1.29, 1.82) is 0 Å². The number of likely N-dealkylation sites (tertiary alicyclic amines) is 1. The van der Waals surface area contributed by atoms with Crippen LogP contribution < -0.4 is 10.1 Å². The predicted octanol–water partition coefficient (Wildman–Crippen LogP) is 6.61. The van der Waals surface area contributed by atoms with Crippen LogP contribution in [0.4, 0.5) is 4.79 Å². The van der Waals surface area contributed by atoms with E-state index in [0.717, 1.165) is 61.3 Å². The van der Waals surface area contributed by atoms with Crippen LogP contribution in [-0.4, -0.2) is 64.2 Å². The fraction of sp³-hybridized carbons (Fsp3) is 0.263. The van der Waals surface area contributed by atoms with Gasteiger partial charge in [0.2, 0.25) is 0 Å². The number of imidazole rings is 2. The smallest absolute Gasteiger partial charge is 0.407 e. The van der Waals surface area contributed by atoms with Gasteiger partial charge < -0.3 is 34.4 Å². The molecule has 1 fully saturated rings. The Hall–Kier alpha value is -5.68. The normalized spacial score (nSPS) is 17.4. The van der Waals surface area contributed by atoms with Crippen molar-refractivity contribution in [3.05, 3.63) is 102 Å². The topological polar surface area (TPSA) is 134 Å². The molecule has 0 bridgehead atoms. The molecule has 2 amide bonds. The first-order valence-electron chi connectivity index (χ1n) is 16.3. The van der Waals surface area contributed by atoms with E-state index >= 15 is 0 Å². The van der Waals surface area contributed by atoms with Gasteiger partial charge in [-0.1, -0.05) is 48.5 Å². The number of aryl methyl sites for hydroxylation is 1. The zero-order valence-electron chi connectivity index (χ0n) is 27.4. The average molecular weight is 657 g/mol. The van der Waals surface area contributed by atoms with Gasteiger partial charge >= 0.3 is 6.09 Å². The summed E-state index contributed by atoms with van der Waals surface area (Å²) in [7, 11) is 2.95. The molecule has 0 aliphatic carbocycles. The number of nitrogens with one attached hydrogen (secondary N) is 3. The fourth-order valence-corrected chi connectivity index (χ4v) is 7.29. The van der Waals surface area contributed by atoms with Gasteiger partial charge in [0.15, 0.2) is 0 Å². The van der Waals surface area contributed by atoms with Crippen molar-refractivity contribution in [1.82, 2.24) is 30.2 Å². The highest BCUT2D eigenvalue weighted by atomic mass is 16.5. The van der Waals surface area contributed by atoms with E-state index in [0.29, 0.717) is 37.6 Å². The number of rotatable bonds is 7. The first kappa shape index (κ1) is 30.6. The van der Waals surface area contributed by atoms with Crippen LogP contribution in [0, 0.1) is 12.8 Å². The van der Waals surface area contributed by atoms with E-state index in [1.54, 1.807) is 12.0 Å². The molecule has 49 heavy (non-hydrogen) atoms. The number of carbonyl (C=O) groups is 2. The number of hydrogen-bond donors (Lipinski definition) is 3. The number of alkyl carbamates (subject to hydrolysis) is 1. The molecule has 0 saturated carbocycles. The van der Waals surface area contributed by atoms with Gasteiger partial charge in [-0.2, -0.15) is 0 Å². The summed E-state index contributed by atoms with van der Waals surface area (Å²) in [5.41, 5.74) is 7.71. The van der Waals surface area contributed by atoms with Gasteiger partial charge in [-0.05, 0) is 65.3 Å². The number of aromatic amines is 2. The van der Waals surface area contributed by atoms with Crippen LogP contribution in [0.3, 0.4) is 0 Å². The Balaban J connectivity index is 1.09. The third-order valence-electron chi connectivity index (χ3n) is 9.59. The quantitative estimate of drug-likeness (QED) is 0.176. The second kappa shape index (κ2) is 12.4. The maximum absolute atomic E-state index is 14.2. The molecule has 3 atom stereocenters. The largest absolute Gasteiger partial charge is 0.488 e. The highest BCUT2D eigenvalue weighted by Gasteiger charge is 2.41. The average Bonchev–Trinajstić information content (AvgIpc) is 3.88. The van der Waals surface area contributed by atoms with Gasteiger partial charge in [0.1, 0.15) is 30.0 Å². The molecule has 3 N–H and O–H groups in total. The number of carbonyl (C=O) groups excluding carboxylic acids is 2. The lowest BCUT2D eigenvalue weighted by molar-refractivity contribution is -0.134. The Bertz CT molecular complexity index is 2210. The minimum absolute atomic E-state index is 0.104.